The molecule has 0 spiro atoms. The molecule has 4 heterocycles. The molecule has 0 fully saturated rings. The lowest BCUT2D eigenvalue weighted by Crippen LogP contribution is -2.50. The van der Waals surface area contributed by atoms with Crippen LogP contribution in [0.15, 0.2) is 71.0 Å². The number of aliphatic hydroxyl groups is 1. The molecular weight excluding hydrogens is 700 g/mol. The Kier molecular flexibility index (Phi) is 9.49. The Labute approximate surface area is 310 Å². The van der Waals surface area contributed by atoms with Crippen molar-refractivity contribution in [3.63, 3.8) is 0 Å². The van der Waals surface area contributed by atoms with Gasteiger partial charge in [-0.25, -0.2) is 14.5 Å². The minimum Gasteiger partial charge on any atom is -0.493 e. The standard InChI is InChI=1S/C39H38N4O11/c1-20-6-25-15-40-28-13-33(31(50-3)11-26(28)35(44)41(25)16-20)53-18-22-8-23(10-24(9-22)38(47)52-5)19-54-34-14-29-27(12-32(34)51-4)36(45)42-17-21(2)7-30(42)37(46)43(29)39(48)49/h8-17,25,30,37,46H,6-7,18-19H2,1-5H3,(H,48,49)/t25-,30?,37?/m0/s1. The third-order valence-electron chi connectivity index (χ3n) is 9.71. The molecule has 0 aromatic heterocycles. The summed E-state index contributed by atoms with van der Waals surface area (Å²) in [5.41, 5.74) is 3.97. The van der Waals surface area contributed by atoms with Crippen molar-refractivity contribution in [1.29, 1.82) is 0 Å². The summed E-state index contributed by atoms with van der Waals surface area (Å²) >= 11 is 0. The smallest absolute Gasteiger partial charge is 0.414 e. The summed E-state index contributed by atoms with van der Waals surface area (Å²) in [5.74, 6) is -0.394. The average Bonchev–Trinajstić information content (AvgIpc) is 3.70. The monoisotopic (exact) mass is 738 g/mol. The summed E-state index contributed by atoms with van der Waals surface area (Å²) in [5, 5.41) is 21.3. The van der Waals surface area contributed by atoms with Crippen LogP contribution in [-0.2, 0) is 18.0 Å². The number of benzene rings is 3. The molecule has 0 radical (unpaired) electrons. The molecule has 15 heteroatoms. The van der Waals surface area contributed by atoms with E-state index in [-0.39, 0.29) is 53.5 Å². The van der Waals surface area contributed by atoms with E-state index in [2.05, 4.69) is 4.99 Å². The van der Waals surface area contributed by atoms with Crippen molar-refractivity contribution in [2.45, 2.75) is 58.2 Å². The van der Waals surface area contributed by atoms with Crippen LogP contribution in [0.5, 0.6) is 23.0 Å². The molecule has 3 atom stereocenters. The van der Waals surface area contributed by atoms with Crippen molar-refractivity contribution in [1.82, 2.24) is 9.80 Å². The number of fused-ring (bicyclic) bond motifs is 4. The largest absolute Gasteiger partial charge is 0.493 e. The molecule has 3 aromatic carbocycles. The first kappa shape index (κ1) is 36.0. The molecule has 4 aliphatic heterocycles. The van der Waals surface area contributed by atoms with Gasteiger partial charge >= 0.3 is 12.1 Å². The molecular formula is C39H38N4O11. The van der Waals surface area contributed by atoms with Crippen LogP contribution < -0.4 is 23.8 Å². The van der Waals surface area contributed by atoms with Crippen molar-refractivity contribution < 1.29 is 53.1 Å². The van der Waals surface area contributed by atoms with Crippen molar-refractivity contribution >= 4 is 41.5 Å². The van der Waals surface area contributed by atoms with Gasteiger partial charge in [0.1, 0.15) is 13.2 Å². The number of carbonyl (C=O) groups is 4. The van der Waals surface area contributed by atoms with Crippen LogP contribution in [0.3, 0.4) is 0 Å². The Balaban J connectivity index is 1.16. The molecule has 3 aromatic rings. The number of aliphatic imine (C=N–C) groups is 1. The number of methoxy groups -OCH3 is 3. The molecule has 280 valence electrons. The SMILES string of the molecule is COC(=O)c1cc(COc2cc3c(cc2OC)C(=O)N2C=C(C)C[C@H]2C=N3)cc(COc2cc3c(cc2OC)C(=O)N2C=C(C)CC2C(O)N3C(=O)O)c1. The Morgan fingerprint density at radius 2 is 1.37 bits per heavy atom. The van der Waals surface area contributed by atoms with Crippen LogP contribution >= 0.6 is 0 Å². The highest BCUT2D eigenvalue weighted by atomic mass is 16.5. The number of aliphatic hydroxyl groups excluding tert-OH is 1. The first-order valence-corrected chi connectivity index (χ1v) is 17.1. The number of carbonyl (C=O) groups excluding carboxylic acids is 3. The molecule has 15 nitrogen and oxygen atoms in total. The highest BCUT2D eigenvalue weighted by molar-refractivity contribution is 6.06. The van der Waals surface area contributed by atoms with Gasteiger partial charge in [0.15, 0.2) is 29.2 Å². The number of ether oxygens (including phenoxy) is 5. The number of hydrogen-bond acceptors (Lipinski definition) is 11. The van der Waals surface area contributed by atoms with Crippen molar-refractivity contribution in [2.75, 3.05) is 26.2 Å². The quantitative estimate of drug-likeness (QED) is 0.268. The van der Waals surface area contributed by atoms with Gasteiger partial charge in [0, 0.05) is 30.7 Å². The summed E-state index contributed by atoms with van der Waals surface area (Å²) in [4.78, 5) is 60.6. The zero-order valence-corrected chi connectivity index (χ0v) is 30.2. The highest BCUT2D eigenvalue weighted by Gasteiger charge is 2.44. The average molecular weight is 739 g/mol. The van der Waals surface area contributed by atoms with E-state index in [1.165, 1.54) is 38.4 Å². The van der Waals surface area contributed by atoms with Gasteiger partial charge in [-0.05, 0) is 68.1 Å². The Morgan fingerprint density at radius 3 is 2.00 bits per heavy atom. The second-order valence-electron chi connectivity index (χ2n) is 13.4. The molecule has 0 aliphatic carbocycles. The van der Waals surface area contributed by atoms with E-state index in [4.69, 9.17) is 23.7 Å². The molecule has 2 unspecified atom stereocenters. The second kappa shape index (κ2) is 14.2. The molecule has 0 saturated carbocycles. The Bertz CT molecular complexity index is 2180. The molecule has 4 aliphatic rings. The lowest BCUT2D eigenvalue weighted by Gasteiger charge is -2.30. The fraction of sp³-hybridized carbons (Fsp3) is 0.308. The van der Waals surface area contributed by atoms with E-state index >= 15 is 0 Å². The highest BCUT2D eigenvalue weighted by Crippen LogP contribution is 2.42. The van der Waals surface area contributed by atoms with Gasteiger partial charge < -0.3 is 43.7 Å². The van der Waals surface area contributed by atoms with Gasteiger partial charge in [0.2, 0.25) is 0 Å². The van der Waals surface area contributed by atoms with Crippen LogP contribution in [0.4, 0.5) is 16.2 Å². The van der Waals surface area contributed by atoms with Crippen LogP contribution in [0.2, 0.25) is 0 Å². The zero-order valence-electron chi connectivity index (χ0n) is 30.2. The second-order valence-corrected chi connectivity index (χ2v) is 13.4. The van der Waals surface area contributed by atoms with E-state index in [9.17, 15) is 29.4 Å². The van der Waals surface area contributed by atoms with E-state index in [1.54, 1.807) is 54.6 Å². The Hall–Kier alpha value is -6.35. The van der Waals surface area contributed by atoms with Crippen LogP contribution in [0.25, 0.3) is 0 Å². The fourth-order valence-corrected chi connectivity index (χ4v) is 7.17. The van der Waals surface area contributed by atoms with E-state index in [0.29, 0.717) is 46.7 Å². The van der Waals surface area contributed by atoms with Crippen molar-refractivity contribution in [3.05, 3.63) is 93.8 Å². The maximum Gasteiger partial charge on any atom is 0.414 e. The third-order valence-corrected chi connectivity index (χ3v) is 9.71. The lowest BCUT2D eigenvalue weighted by atomic mass is 10.1. The number of anilines is 1. The first-order valence-electron chi connectivity index (χ1n) is 17.1. The number of esters is 1. The summed E-state index contributed by atoms with van der Waals surface area (Å²) < 4.78 is 28.5. The van der Waals surface area contributed by atoms with Crippen molar-refractivity contribution in [3.8, 4) is 23.0 Å². The molecule has 0 bridgehead atoms. The number of carboxylic acid groups (broad SMARTS) is 1. The van der Waals surface area contributed by atoms with Crippen LogP contribution in [0, 0.1) is 0 Å². The molecule has 7 rings (SSSR count). The summed E-state index contributed by atoms with van der Waals surface area (Å²) in [6.07, 6.45) is 3.19. The number of nitrogens with zero attached hydrogens (tertiary/aromatic N) is 4. The molecule has 54 heavy (non-hydrogen) atoms. The number of amides is 3. The summed E-state index contributed by atoms with van der Waals surface area (Å²) in [6.45, 7) is 3.62. The minimum absolute atomic E-state index is 0.0109. The normalized spacial score (nSPS) is 19.8. The zero-order chi connectivity index (χ0) is 38.4. The maximum atomic E-state index is 13.6. The lowest BCUT2D eigenvalue weighted by molar-refractivity contribution is 0.0572. The van der Waals surface area contributed by atoms with Gasteiger partial charge in [0.25, 0.3) is 11.8 Å². The first-order chi connectivity index (χ1) is 25.9. The molecule has 2 N–H and O–H groups in total. The maximum absolute atomic E-state index is 13.6. The van der Waals surface area contributed by atoms with Crippen LogP contribution in [0.1, 0.15) is 68.9 Å². The van der Waals surface area contributed by atoms with E-state index in [1.807, 2.05) is 13.1 Å². The van der Waals surface area contributed by atoms with Gasteiger partial charge in [0.05, 0.1) is 61.5 Å². The fourth-order valence-electron chi connectivity index (χ4n) is 7.17. The van der Waals surface area contributed by atoms with Crippen molar-refractivity contribution in [2.24, 2.45) is 4.99 Å². The third kappa shape index (κ3) is 6.46. The van der Waals surface area contributed by atoms with E-state index < -0.39 is 30.2 Å². The molecule has 3 amide bonds. The van der Waals surface area contributed by atoms with Crippen LogP contribution in [-0.4, -0.2) is 89.7 Å². The van der Waals surface area contributed by atoms with Gasteiger partial charge in [-0.1, -0.05) is 11.1 Å². The topological polar surface area (TPSA) is 177 Å². The predicted octanol–water partition coefficient (Wildman–Crippen LogP) is 5.42. The van der Waals surface area contributed by atoms with Gasteiger partial charge in [-0.3, -0.25) is 14.6 Å². The minimum atomic E-state index is -1.55. The van der Waals surface area contributed by atoms with E-state index in [0.717, 1.165) is 16.0 Å². The van der Waals surface area contributed by atoms with Gasteiger partial charge in [-0.15, -0.1) is 0 Å². The molecule has 0 saturated heterocycles. The van der Waals surface area contributed by atoms with Gasteiger partial charge in [-0.2, -0.15) is 0 Å². The number of hydrogen-bond donors (Lipinski definition) is 2. The predicted molar refractivity (Wildman–Crippen MR) is 194 cm³/mol. The number of rotatable bonds is 9. The summed E-state index contributed by atoms with van der Waals surface area (Å²) in [7, 11) is 4.12. The summed E-state index contributed by atoms with van der Waals surface area (Å²) in [6, 6.07) is 9.94. The Morgan fingerprint density at radius 1 is 0.778 bits per heavy atom.